The predicted molar refractivity (Wildman–Crippen MR) is 67.5 cm³/mol. The van der Waals surface area contributed by atoms with Crippen LogP contribution in [0.2, 0.25) is 0 Å². The van der Waals surface area contributed by atoms with Crippen LogP contribution in [0, 0.1) is 13.8 Å². The zero-order chi connectivity index (χ0) is 12.3. The fourth-order valence-corrected chi connectivity index (χ4v) is 1.66. The minimum atomic E-state index is 0.835. The molecule has 2 aromatic rings. The second kappa shape index (κ2) is 5.10. The molecule has 1 N–H and O–H groups in total. The van der Waals surface area contributed by atoms with Crippen LogP contribution in [0.3, 0.4) is 0 Å². The standard InChI is InChI=1S/C13H18N4/c1-10-4-5-12(7-15-10)6-14-8-13-9-16-17(3)11(13)2/h4-5,7,9,14H,6,8H2,1-3H3. The fourth-order valence-electron chi connectivity index (χ4n) is 1.66. The van der Waals surface area contributed by atoms with E-state index in [9.17, 15) is 0 Å². The van der Waals surface area contributed by atoms with Gasteiger partial charge < -0.3 is 5.32 Å². The summed E-state index contributed by atoms with van der Waals surface area (Å²) >= 11 is 0. The Hall–Kier alpha value is -1.68. The average molecular weight is 230 g/mol. The second-order valence-corrected chi connectivity index (χ2v) is 4.29. The number of aryl methyl sites for hydroxylation is 2. The molecule has 0 unspecified atom stereocenters. The molecule has 0 atom stereocenters. The van der Waals surface area contributed by atoms with Crippen LogP contribution in [0.1, 0.15) is 22.5 Å². The summed E-state index contributed by atoms with van der Waals surface area (Å²) in [5, 5.41) is 7.62. The summed E-state index contributed by atoms with van der Waals surface area (Å²) in [7, 11) is 1.96. The lowest BCUT2D eigenvalue weighted by molar-refractivity contribution is 0.682. The monoisotopic (exact) mass is 230 g/mol. The smallest absolute Gasteiger partial charge is 0.0537 e. The van der Waals surface area contributed by atoms with Gasteiger partial charge in [-0.05, 0) is 25.5 Å². The highest BCUT2D eigenvalue weighted by Gasteiger charge is 2.02. The molecule has 0 aliphatic carbocycles. The highest BCUT2D eigenvalue weighted by Crippen LogP contribution is 2.05. The minimum absolute atomic E-state index is 0.835. The Bertz CT molecular complexity index is 485. The van der Waals surface area contributed by atoms with E-state index in [1.807, 2.05) is 37.1 Å². The van der Waals surface area contributed by atoms with Gasteiger partial charge in [0, 0.05) is 43.3 Å². The normalized spacial score (nSPS) is 10.8. The molecule has 0 aliphatic rings. The molecule has 2 aromatic heterocycles. The summed E-state index contributed by atoms with van der Waals surface area (Å²) in [6, 6.07) is 4.14. The van der Waals surface area contributed by atoms with Crippen LogP contribution in [0.15, 0.2) is 24.5 Å². The van der Waals surface area contributed by atoms with E-state index in [1.165, 1.54) is 16.8 Å². The van der Waals surface area contributed by atoms with Crippen LogP contribution in [0.5, 0.6) is 0 Å². The van der Waals surface area contributed by atoms with Crippen LogP contribution >= 0.6 is 0 Å². The highest BCUT2D eigenvalue weighted by molar-refractivity contribution is 5.16. The lowest BCUT2D eigenvalue weighted by atomic mass is 10.2. The zero-order valence-corrected chi connectivity index (χ0v) is 10.6. The van der Waals surface area contributed by atoms with Gasteiger partial charge in [-0.1, -0.05) is 6.07 Å². The van der Waals surface area contributed by atoms with Crippen molar-refractivity contribution >= 4 is 0 Å². The Labute approximate surface area is 102 Å². The summed E-state index contributed by atoms with van der Waals surface area (Å²) in [6.07, 6.45) is 3.83. The van der Waals surface area contributed by atoms with Crippen molar-refractivity contribution in [2.75, 3.05) is 0 Å². The Kier molecular flexibility index (Phi) is 3.54. The maximum absolute atomic E-state index is 4.27. The maximum Gasteiger partial charge on any atom is 0.0537 e. The number of aromatic nitrogens is 3. The lowest BCUT2D eigenvalue weighted by Gasteiger charge is -2.04. The number of nitrogens with one attached hydrogen (secondary N) is 1. The highest BCUT2D eigenvalue weighted by atomic mass is 15.3. The van der Waals surface area contributed by atoms with Gasteiger partial charge in [-0.2, -0.15) is 5.10 Å². The van der Waals surface area contributed by atoms with Crippen molar-refractivity contribution in [1.29, 1.82) is 0 Å². The predicted octanol–water partition coefficient (Wildman–Crippen LogP) is 1.72. The van der Waals surface area contributed by atoms with E-state index < -0.39 is 0 Å². The summed E-state index contributed by atoms with van der Waals surface area (Å²) in [5.74, 6) is 0. The van der Waals surface area contributed by atoms with Crippen LogP contribution in [-0.2, 0) is 20.1 Å². The van der Waals surface area contributed by atoms with E-state index >= 15 is 0 Å². The summed E-state index contributed by atoms with van der Waals surface area (Å²) in [5.41, 5.74) is 4.71. The van der Waals surface area contributed by atoms with Crippen LogP contribution < -0.4 is 5.32 Å². The molecule has 0 fully saturated rings. The maximum atomic E-state index is 4.27. The fraction of sp³-hybridized carbons (Fsp3) is 0.385. The molecular weight excluding hydrogens is 212 g/mol. The average Bonchev–Trinajstić information content (AvgIpc) is 2.64. The van der Waals surface area contributed by atoms with E-state index in [0.717, 1.165) is 18.8 Å². The summed E-state index contributed by atoms with van der Waals surface area (Å²) in [6.45, 7) is 5.75. The van der Waals surface area contributed by atoms with Gasteiger partial charge in [-0.15, -0.1) is 0 Å². The molecule has 0 aliphatic heterocycles. The first-order valence-electron chi connectivity index (χ1n) is 5.76. The Morgan fingerprint density at radius 3 is 2.59 bits per heavy atom. The van der Waals surface area contributed by atoms with Gasteiger partial charge in [0.1, 0.15) is 0 Å². The molecule has 0 saturated carbocycles. The van der Waals surface area contributed by atoms with Crippen LogP contribution in [-0.4, -0.2) is 14.8 Å². The molecule has 90 valence electrons. The Morgan fingerprint density at radius 2 is 2.00 bits per heavy atom. The van der Waals surface area contributed by atoms with Gasteiger partial charge in [0.15, 0.2) is 0 Å². The molecule has 0 saturated heterocycles. The molecule has 2 heterocycles. The summed E-state index contributed by atoms with van der Waals surface area (Å²) < 4.78 is 1.89. The van der Waals surface area contributed by atoms with Crippen molar-refractivity contribution in [3.8, 4) is 0 Å². The first-order chi connectivity index (χ1) is 8.16. The number of hydrogen-bond acceptors (Lipinski definition) is 3. The van der Waals surface area contributed by atoms with E-state index in [-0.39, 0.29) is 0 Å². The molecule has 0 amide bonds. The first-order valence-corrected chi connectivity index (χ1v) is 5.76. The second-order valence-electron chi connectivity index (χ2n) is 4.29. The van der Waals surface area contributed by atoms with Gasteiger partial charge >= 0.3 is 0 Å². The molecule has 0 bridgehead atoms. The van der Waals surface area contributed by atoms with Crippen LogP contribution in [0.4, 0.5) is 0 Å². The molecule has 0 radical (unpaired) electrons. The molecule has 4 nitrogen and oxygen atoms in total. The molecule has 0 spiro atoms. The quantitative estimate of drug-likeness (QED) is 0.869. The van der Waals surface area contributed by atoms with Gasteiger partial charge in [-0.3, -0.25) is 9.67 Å². The van der Waals surface area contributed by atoms with E-state index in [1.54, 1.807) is 0 Å². The molecule has 17 heavy (non-hydrogen) atoms. The van der Waals surface area contributed by atoms with Gasteiger partial charge in [-0.25, -0.2) is 0 Å². The molecular formula is C13H18N4. The SMILES string of the molecule is Cc1ccc(CNCc2cnn(C)c2C)cn1. The van der Waals surface area contributed by atoms with Gasteiger partial charge in [0.25, 0.3) is 0 Å². The minimum Gasteiger partial charge on any atom is -0.308 e. The van der Waals surface area contributed by atoms with E-state index in [0.29, 0.717) is 0 Å². The van der Waals surface area contributed by atoms with Crippen molar-refractivity contribution in [3.05, 3.63) is 47.0 Å². The lowest BCUT2D eigenvalue weighted by Crippen LogP contribution is -2.13. The Morgan fingerprint density at radius 1 is 1.18 bits per heavy atom. The van der Waals surface area contributed by atoms with Crippen molar-refractivity contribution in [1.82, 2.24) is 20.1 Å². The number of pyridine rings is 1. The van der Waals surface area contributed by atoms with Crippen LogP contribution in [0.25, 0.3) is 0 Å². The first kappa shape index (κ1) is 11.8. The van der Waals surface area contributed by atoms with Crippen molar-refractivity contribution in [2.45, 2.75) is 26.9 Å². The topological polar surface area (TPSA) is 42.7 Å². The van der Waals surface area contributed by atoms with Gasteiger partial charge in [0.2, 0.25) is 0 Å². The van der Waals surface area contributed by atoms with Crippen molar-refractivity contribution in [3.63, 3.8) is 0 Å². The zero-order valence-electron chi connectivity index (χ0n) is 10.6. The number of nitrogens with zero attached hydrogens (tertiary/aromatic N) is 3. The molecule has 2 rings (SSSR count). The largest absolute Gasteiger partial charge is 0.308 e. The third kappa shape index (κ3) is 2.91. The number of rotatable bonds is 4. The van der Waals surface area contributed by atoms with E-state index in [2.05, 4.69) is 28.4 Å². The number of hydrogen-bond donors (Lipinski definition) is 1. The Balaban J connectivity index is 1.87. The molecule has 0 aromatic carbocycles. The van der Waals surface area contributed by atoms with Crippen molar-refractivity contribution < 1.29 is 0 Å². The third-order valence-electron chi connectivity index (χ3n) is 2.95. The van der Waals surface area contributed by atoms with E-state index in [4.69, 9.17) is 0 Å². The third-order valence-corrected chi connectivity index (χ3v) is 2.95. The van der Waals surface area contributed by atoms with Gasteiger partial charge in [0.05, 0.1) is 6.20 Å². The van der Waals surface area contributed by atoms with Crippen molar-refractivity contribution in [2.24, 2.45) is 7.05 Å². The summed E-state index contributed by atoms with van der Waals surface area (Å²) in [4.78, 5) is 4.27. The molecule has 4 heteroatoms.